The van der Waals surface area contributed by atoms with E-state index in [1.807, 2.05) is 0 Å². The number of barbiturate groups is 1. The second-order valence-electron chi connectivity index (χ2n) is 6.15. The summed E-state index contributed by atoms with van der Waals surface area (Å²) >= 11 is 12.1. The fourth-order valence-electron chi connectivity index (χ4n) is 2.77. The van der Waals surface area contributed by atoms with E-state index in [9.17, 15) is 19.2 Å². The summed E-state index contributed by atoms with van der Waals surface area (Å²) in [6, 6.07) is 7.86. The molecule has 1 aliphatic heterocycles. The zero-order valence-corrected chi connectivity index (χ0v) is 17.4. The van der Waals surface area contributed by atoms with E-state index in [-0.39, 0.29) is 33.3 Å². The Morgan fingerprint density at radius 3 is 2.58 bits per heavy atom. The van der Waals surface area contributed by atoms with Gasteiger partial charge in [-0.15, -0.1) is 0 Å². The number of hydrogen-bond acceptors (Lipinski definition) is 6. The van der Waals surface area contributed by atoms with Crippen molar-refractivity contribution in [2.45, 2.75) is 0 Å². The van der Waals surface area contributed by atoms with Crippen molar-refractivity contribution in [3.63, 3.8) is 0 Å². The van der Waals surface area contributed by atoms with E-state index < -0.39 is 30.4 Å². The molecule has 0 saturated carbocycles. The summed E-state index contributed by atoms with van der Waals surface area (Å²) in [7, 11) is 1.31. The molecule has 0 spiro atoms. The first kappa shape index (κ1) is 22.1. The minimum Gasteiger partial charge on any atom is -0.493 e. The molecular formula is C20H14Cl2N2O7. The average molecular weight is 465 g/mol. The van der Waals surface area contributed by atoms with E-state index in [0.717, 1.165) is 4.90 Å². The predicted octanol–water partition coefficient (Wildman–Crippen LogP) is 3.13. The molecule has 0 aliphatic carbocycles. The molecule has 3 rings (SSSR count). The number of ether oxygens (including phenoxy) is 2. The van der Waals surface area contributed by atoms with Crippen LogP contribution in [0.4, 0.5) is 10.5 Å². The third kappa shape index (κ3) is 4.79. The van der Waals surface area contributed by atoms with Crippen molar-refractivity contribution in [1.82, 2.24) is 5.32 Å². The fraction of sp³-hybridized carbons (Fsp3) is 0.100. The Morgan fingerprint density at radius 1 is 1.19 bits per heavy atom. The summed E-state index contributed by atoms with van der Waals surface area (Å²) in [6.07, 6.45) is 1.22. The van der Waals surface area contributed by atoms with Gasteiger partial charge in [-0.2, -0.15) is 0 Å². The number of amides is 4. The van der Waals surface area contributed by atoms with Crippen LogP contribution >= 0.6 is 23.2 Å². The number of nitrogens with zero attached hydrogens (tertiary/aromatic N) is 1. The Bertz CT molecular complexity index is 1130. The molecule has 0 unspecified atom stereocenters. The van der Waals surface area contributed by atoms with Crippen LogP contribution in [0, 0.1) is 0 Å². The molecule has 2 N–H and O–H groups in total. The third-order valence-corrected chi connectivity index (χ3v) is 4.59. The molecule has 31 heavy (non-hydrogen) atoms. The Morgan fingerprint density at radius 2 is 1.94 bits per heavy atom. The molecular weight excluding hydrogens is 451 g/mol. The number of methoxy groups -OCH3 is 1. The predicted molar refractivity (Wildman–Crippen MR) is 112 cm³/mol. The maximum atomic E-state index is 12.9. The number of benzene rings is 2. The van der Waals surface area contributed by atoms with E-state index >= 15 is 0 Å². The van der Waals surface area contributed by atoms with Gasteiger partial charge in [-0.05, 0) is 42.0 Å². The lowest BCUT2D eigenvalue weighted by molar-refractivity contribution is -0.139. The number of carbonyl (C=O) groups is 4. The number of aliphatic carboxylic acids is 1. The molecule has 9 nitrogen and oxygen atoms in total. The molecule has 1 fully saturated rings. The monoisotopic (exact) mass is 464 g/mol. The summed E-state index contributed by atoms with van der Waals surface area (Å²) in [5.41, 5.74) is 0.127. The van der Waals surface area contributed by atoms with Crippen molar-refractivity contribution in [3.05, 3.63) is 57.6 Å². The molecule has 2 aromatic carbocycles. The molecule has 1 saturated heterocycles. The zero-order valence-electron chi connectivity index (χ0n) is 15.8. The van der Waals surface area contributed by atoms with Gasteiger partial charge in [0.25, 0.3) is 11.8 Å². The molecule has 4 amide bonds. The van der Waals surface area contributed by atoms with Gasteiger partial charge in [0.05, 0.1) is 17.8 Å². The highest BCUT2D eigenvalue weighted by Gasteiger charge is 2.37. The Balaban J connectivity index is 2.00. The number of nitrogens with one attached hydrogen (secondary N) is 1. The molecule has 1 heterocycles. The fourth-order valence-corrected chi connectivity index (χ4v) is 3.23. The average Bonchev–Trinajstić information content (AvgIpc) is 2.69. The molecule has 2 aromatic rings. The quantitative estimate of drug-likeness (QED) is 0.497. The van der Waals surface area contributed by atoms with Crippen molar-refractivity contribution >= 4 is 58.8 Å². The lowest BCUT2D eigenvalue weighted by atomic mass is 10.1. The minimum atomic E-state index is -1.21. The summed E-state index contributed by atoms with van der Waals surface area (Å²) in [6.45, 7) is -0.645. The lowest BCUT2D eigenvalue weighted by Crippen LogP contribution is -2.54. The van der Waals surface area contributed by atoms with Crippen LogP contribution in [0.3, 0.4) is 0 Å². The largest absolute Gasteiger partial charge is 0.493 e. The van der Waals surface area contributed by atoms with Gasteiger partial charge >= 0.3 is 12.0 Å². The van der Waals surface area contributed by atoms with Crippen LogP contribution in [0.5, 0.6) is 11.5 Å². The van der Waals surface area contributed by atoms with E-state index in [2.05, 4.69) is 5.32 Å². The maximum Gasteiger partial charge on any atom is 0.341 e. The number of urea groups is 1. The number of hydrogen-bond donors (Lipinski definition) is 2. The van der Waals surface area contributed by atoms with Crippen LogP contribution in [0.15, 0.2) is 42.0 Å². The number of rotatable bonds is 6. The second-order valence-corrected chi connectivity index (χ2v) is 7.00. The van der Waals surface area contributed by atoms with E-state index in [4.69, 9.17) is 37.8 Å². The zero-order chi connectivity index (χ0) is 22.7. The number of anilines is 1. The Labute approximate surface area is 185 Å². The number of carboxylic acid groups (broad SMARTS) is 1. The first-order valence-electron chi connectivity index (χ1n) is 8.60. The summed E-state index contributed by atoms with van der Waals surface area (Å²) < 4.78 is 10.3. The molecule has 11 heteroatoms. The van der Waals surface area contributed by atoms with Crippen molar-refractivity contribution in [1.29, 1.82) is 0 Å². The molecule has 1 aliphatic rings. The normalized spacial score (nSPS) is 15.1. The molecule has 0 aromatic heterocycles. The number of carbonyl (C=O) groups excluding carboxylic acids is 3. The SMILES string of the molecule is COc1cc(/C=C2\C(=O)NC(=O)N(c3cccc(Cl)c3)C2=O)cc(Cl)c1OCC(=O)O. The minimum absolute atomic E-state index is 0.00103. The maximum absolute atomic E-state index is 12.9. The highest BCUT2D eigenvalue weighted by atomic mass is 35.5. The molecule has 0 bridgehead atoms. The van der Waals surface area contributed by atoms with Crippen LogP contribution in [0.2, 0.25) is 10.0 Å². The molecule has 0 atom stereocenters. The van der Waals surface area contributed by atoms with E-state index in [1.165, 1.54) is 37.5 Å². The van der Waals surface area contributed by atoms with Crippen LogP contribution in [0.25, 0.3) is 6.08 Å². The van der Waals surface area contributed by atoms with Gasteiger partial charge in [0.1, 0.15) is 5.57 Å². The van der Waals surface area contributed by atoms with Crippen molar-refractivity contribution < 1.29 is 33.8 Å². The standard InChI is InChI=1S/C20H14Cl2N2O7/c1-30-15-7-10(6-14(22)17(15)31-9-16(25)26)5-13-18(27)23-20(29)24(19(13)28)12-4-2-3-11(21)8-12/h2-8H,9H2,1H3,(H,25,26)(H,23,27,29)/b13-5+. The topological polar surface area (TPSA) is 122 Å². The number of carboxylic acids is 1. The molecule has 0 radical (unpaired) electrons. The van der Waals surface area contributed by atoms with Gasteiger partial charge in [0.2, 0.25) is 0 Å². The Hall–Kier alpha value is -3.56. The van der Waals surface area contributed by atoms with Crippen molar-refractivity contribution in [3.8, 4) is 11.5 Å². The van der Waals surface area contributed by atoms with Crippen molar-refractivity contribution in [2.75, 3.05) is 18.6 Å². The summed E-state index contributed by atoms with van der Waals surface area (Å²) in [4.78, 5) is 49.0. The van der Waals surface area contributed by atoms with Crippen LogP contribution in [-0.4, -0.2) is 42.6 Å². The van der Waals surface area contributed by atoms with E-state index in [0.29, 0.717) is 5.02 Å². The Kier molecular flexibility index (Phi) is 6.47. The first-order valence-corrected chi connectivity index (χ1v) is 9.36. The van der Waals surface area contributed by atoms with Gasteiger partial charge in [-0.3, -0.25) is 14.9 Å². The lowest BCUT2D eigenvalue weighted by Gasteiger charge is -2.26. The summed E-state index contributed by atoms with van der Waals surface area (Å²) in [5, 5.41) is 11.2. The van der Waals surface area contributed by atoms with Gasteiger partial charge in [0.15, 0.2) is 18.1 Å². The van der Waals surface area contributed by atoms with E-state index in [1.54, 1.807) is 12.1 Å². The highest BCUT2D eigenvalue weighted by Crippen LogP contribution is 2.37. The van der Waals surface area contributed by atoms with Crippen LogP contribution < -0.4 is 19.7 Å². The van der Waals surface area contributed by atoms with Gasteiger partial charge in [0, 0.05) is 5.02 Å². The second kappa shape index (κ2) is 9.07. The highest BCUT2D eigenvalue weighted by molar-refractivity contribution is 6.39. The van der Waals surface area contributed by atoms with Gasteiger partial charge in [-0.25, -0.2) is 14.5 Å². The summed E-state index contributed by atoms with van der Waals surface area (Å²) in [5.74, 6) is -2.89. The first-order chi connectivity index (χ1) is 14.7. The van der Waals surface area contributed by atoms with Crippen LogP contribution in [0.1, 0.15) is 5.56 Å². The number of halogens is 2. The van der Waals surface area contributed by atoms with Gasteiger partial charge < -0.3 is 14.6 Å². The number of imide groups is 2. The van der Waals surface area contributed by atoms with Gasteiger partial charge in [-0.1, -0.05) is 29.3 Å². The van der Waals surface area contributed by atoms with Crippen molar-refractivity contribution in [2.24, 2.45) is 0 Å². The smallest absolute Gasteiger partial charge is 0.341 e. The third-order valence-electron chi connectivity index (χ3n) is 4.07. The van der Waals surface area contributed by atoms with Crippen LogP contribution in [-0.2, 0) is 14.4 Å². The molecule has 160 valence electrons.